The van der Waals surface area contributed by atoms with E-state index in [1.165, 1.54) is 5.56 Å². The Morgan fingerprint density at radius 1 is 1.25 bits per heavy atom. The lowest BCUT2D eigenvalue weighted by Gasteiger charge is -2.26. The van der Waals surface area contributed by atoms with Crippen molar-refractivity contribution in [1.29, 1.82) is 0 Å². The third-order valence-corrected chi connectivity index (χ3v) is 3.01. The van der Waals surface area contributed by atoms with Crippen molar-refractivity contribution in [1.82, 2.24) is 5.32 Å². The van der Waals surface area contributed by atoms with Gasteiger partial charge in [0.15, 0.2) is 0 Å². The second-order valence-electron chi connectivity index (χ2n) is 6.34. The molecule has 0 saturated carbocycles. The maximum Gasteiger partial charge on any atom is 0.307 e. The van der Waals surface area contributed by atoms with Gasteiger partial charge in [0.1, 0.15) is 0 Å². The van der Waals surface area contributed by atoms with Gasteiger partial charge in [-0.2, -0.15) is 0 Å². The van der Waals surface area contributed by atoms with E-state index in [9.17, 15) is 4.79 Å². The number of esters is 1. The molecule has 0 aliphatic carbocycles. The van der Waals surface area contributed by atoms with Gasteiger partial charge in [-0.25, -0.2) is 0 Å². The molecule has 1 atom stereocenters. The maximum absolute atomic E-state index is 11.7. The van der Waals surface area contributed by atoms with E-state index >= 15 is 0 Å². The Labute approximate surface area is 122 Å². The molecular weight excluding hydrogens is 250 g/mol. The SMILES string of the molecule is CCOC(=O)CC(CC(C)(C)C)NCc1ccccc1. The number of rotatable bonds is 7. The van der Waals surface area contributed by atoms with Crippen molar-refractivity contribution in [3.8, 4) is 0 Å². The summed E-state index contributed by atoms with van der Waals surface area (Å²) in [6.07, 6.45) is 1.37. The maximum atomic E-state index is 11.7. The Hall–Kier alpha value is -1.35. The Kier molecular flexibility index (Phi) is 6.73. The van der Waals surface area contributed by atoms with E-state index in [0.717, 1.165) is 13.0 Å². The highest BCUT2D eigenvalue weighted by molar-refractivity contribution is 5.70. The molecule has 1 unspecified atom stereocenters. The van der Waals surface area contributed by atoms with Crippen molar-refractivity contribution in [2.24, 2.45) is 5.41 Å². The molecule has 0 aliphatic heterocycles. The number of ether oxygens (including phenoxy) is 1. The fourth-order valence-corrected chi connectivity index (χ4v) is 2.23. The molecule has 0 bridgehead atoms. The zero-order chi connectivity index (χ0) is 15.0. The Morgan fingerprint density at radius 3 is 2.45 bits per heavy atom. The average molecular weight is 277 g/mol. The Bertz CT molecular complexity index is 395. The number of hydrogen-bond donors (Lipinski definition) is 1. The Morgan fingerprint density at radius 2 is 1.90 bits per heavy atom. The fourth-order valence-electron chi connectivity index (χ4n) is 2.23. The summed E-state index contributed by atoms with van der Waals surface area (Å²) in [5.74, 6) is -0.123. The molecule has 0 radical (unpaired) electrons. The van der Waals surface area contributed by atoms with E-state index in [4.69, 9.17) is 4.74 Å². The van der Waals surface area contributed by atoms with Crippen LogP contribution < -0.4 is 5.32 Å². The van der Waals surface area contributed by atoms with Crippen LogP contribution in [0.25, 0.3) is 0 Å². The van der Waals surface area contributed by atoms with Crippen LogP contribution in [0.5, 0.6) is 0 Å². The molecule has 1 aromatic rings. The van der Waals surface area contributed by atoms with Gasteiger partial charge < -0.3 is 10.1 Å². The molecule has 20 heavy (non-hydrogen) atoms. The summed E-state index contributed by atoms with van der Waals surface area (Å²) in [5.41, 5.74) is 1.41. The molecule has 0 heterocycles. The molecule has 1 N–H and O–H groups in total. The molecule has 0 amide bonds. The summed E-state index contributed by atoms with van der Waals surface area (Å²) in [6.45, 7) is 9.63. The van der Waals surface area contributed by atoms with Gasteiger partial charge >= 0.3 is 5.97 Å². The van der Waals surface area contributed by atoms with Crippen molar-refractivity contribution in [2.75, 3.05) is 6.61 Å². The molecule has 0 saturated heterocycles. The highest BCUT2D eigenvalue weighted by Gasteiger charge is 2.21. The number of hydrogen-bond acceptors (Lipinski definition) is 3. The number of carbonyl (C=O) groups is 1. The Balaban J connectivity index is 2.55. The first-order valence-electron chi connectivity index (χ1n) is 7.33. The minimum absolute atomic E-state index is 0.123. The van der Waals surface area contributed by atoms with Gasteiger partial charge in [0.25, 0.3) is 0 Å². The second-order valence-corrected chi connectivity index (χ2v) is 6.34. The van der Waals surface area contributed by atoms with Crippen molar-refractivity contribution in [2.45, 2.75) is 53.1 Å². The quantitative estimate of drug-likeness (QED) is 0.775. The third kappa shape index (κ3) is 7.29. The first-order chi connectivity index (χ1) is 9.40. The van der Waals surface area contributed by atoms with Crippen LogP contribution in [0.15, 0.2) is 30.3 Å². The van der Waals surface area contributed by atoms with Gasteiger partial charge in [-0.1, -0.05) is 51.1 Å². The summed E-state index contributed by atoms with van der Waals surface area (Å²) in [7, 11) is 0. The van der Waals surface area contributed by atoms with Crippen molar-refractivity contribution >= 4 is 5.97 Å². The molecule has 0 aliphatic rings. The average Bonchev–Trinajstić information content (AvgIpc) is 2.36. The smallest absolute Gasteiger partial charge is 0.307 e. The zero-order valence-corrected chi connectivity index (χ0v) is 13.1. The first-order valence-corrected chi connectivity index (χ1v) is 7.33. The lowest BCUT2D eigenvalue weighted by Crippen LogP contribution is -2.35. The van der Waals surface area contributed by atoms with Crippen LogP contribution in [0.3, 0.4) is 0 Å². The molecule has 3 heteroatoms. The van der Waals surface area contributed by atoms with Crippen molar-refractivity contribution in [3.63, 3.8) is 0 Å². The van der Waals surface area contributed by atoms with Crippen LogP contribution in [-0.4, -0.2) is 18.6 Å². The highest BCUT2D eigenvalue weighted by Crippen LogP contribution is 2.22. The molecule has 1 aromatic carbocycles. The summed E-state index contributed by atoms with van der Waals surface area (Å²) in [6, 6.07) is 10.4. The van der Waals surface area contributed by atoms with Crippen LogP contribution in [0.4, 0.5) is 0 Å². The fraction of sp³-hybridized carbons (Fsp3) is 0.588. The number of carbonyl (C=O) groups excluding carboxylic acids is 1. The van der Waals surface area contributed by atoms with E-state index in [2.05, 4.69) is 38.2 Å². The van der Waals surface area contributed by atoms with E-state index < -0.39 is 0 Å². The van der Waals surface area contributed by atoms with Crippen LogP contribution >= 0.6 is 0 Å². The van der Waals surface area contributed by atoms with Crippen LogP contribution in [0.1, 0.15) is 46.1 Å². The van der Waals surface area contributed by atoms with Gasteiger partial charge in [-0.15, -0.1) is 0 Å². The number of benzene rings is 1. The predicted octanol–water partition coefficient (Wildman–Crippen LogP) is 3.53. The molecular formula is C17H27NO2. The van der Waals surface area contributed by atoms with Crippen LogP contribution in [0, 0.1) is 5.41 Å². The largest absolute Gasteiger partial charge is 0.466 e. The minimum atomic E-state index is -0.123. The third-order valence-electron chi connectivity index (χ3n) is 3.01. The number of nitrogens with one attached hydrogen (secondary N) is 1. The minimum Gasteiger partial charge on any atom is -0.466 e. The standard InChI is InChI=1S/C17H27NO2/c1-5-20-16(19)11-15(12-17(2,3)4)18-13-14-9-7-6-8-10-14/h6-10,15,18H,5,11-13H2,1-4H3. The van der Waals surface area contributed by atoms with Gasteiger partial charge in [-0.05, 0) is 24.3 Å². The van der Waals surface area contributed by atoms with E-state index in [1.807, 2.05) is 25.1 Å². The molecule has 0 fully saturated rings. The normalized spacial score (nSPS) is 13.0. The topological polar surface area (TPSA) is 38.3 Å². The van der Waals surface area contributed by atoms with Crippen molar-refractivity contribution in [3.05, 3.63) is 35.9 Å². The predicted molar refractivity (Wildman–Crippen MR) is 82.4 cm³/mol. The first kappa shape index (κ1) is 16.7. The summed E-state index contributed by atoms with van der Waals surface area (Å²) in [4.78, 5) is 11.7. The van der Waals surface area contributed by atoms with Crippen molar-refractivity contribution < 1.29 is 9.53 Å². The van der Waals surface area contributed by atoms with Gasteiger partial charge in [0, 0.05) is 12.6 Å². The summed E-state index contributed by atoms with van der Waals surface area (Å²) in [5, 5.41) is 3.48. The molecule has 112 valence electrons. The van der Waals surface area contributed by atoms with Crippen LogP contribution in [-0.2, 0) is 16.1 Å². The van der Waals surface area contributed by atoms with Crippen LogP contribution in [0.2, 0.25) is 0 Å². The molecule has 1 rings (SSSR count). The second kappa shape index (κ2) is 8.05. The van der Waals surface area contributed by atoms with Gasteiger partial charge in [0.2, 0.25) is 0 Å². The van der Waals surface area contributed by atoms with Gasteiger partial charge in [0.05, 0.1) is 13.0 Å². The van der Waals surface area contributed by atoms with E-state index in [1.54, 1.807) is 0 Å². The zero-order valence-electron chi connectivity index (χ0n) is 13.1. The summed E-state index contributed by atoms with van der Waals surface area (Å²) >= 11 is 0. The lowest BCUT2D eigenvalue weighted by atomic mass is 9.87. The molecule has 3 nitrogen and oxygen atoms in total. The molecule has 0 aromatic heterocycles. The van der Waals surface area contributed by atoms with Gasteiger partial charge in [-0.3, -0.25) is 4.79 Å². The lowest BCUT2D eigenvalue weighted by molar-refractivity contribution is -0.143. The van der Waals surface area contributed by atoms with E-state index in [-0.39, 0.29) is 17.4 Å². The highest BCUT2D eigenvalue weighted by atomic mass is 16.5. The molecule has 0 spiro atoms. The van der Waals surface area contributed by atoms with E-state index in [0.29, 0.717) is 13.0 Å². The monoisotopic (exact) mass is 277 g/mol. The summed E-state index contributed by atoms with van der Waals surface area (Å²) < 4.78 is 5.06.